The highest BCUT2D eigenvalue weighted by Crippen LogP contribution is 2.27. The number of methoxy groups -OCH3 is 1. The van der Waals surface area contributed by atoms with Crippen LogP contribution in [0.5, 0.6) is 11.5 Å². The van der Waals surface area contributed by atoms with E-state index in [1.54, 1.807) is 23.8 Å². The number of para-hydroxylation sites is 2. The Balaban J connectivity index is 2.22. The summed E-state index contributed by atoms with van der Waals surface area (Å²) in [5, 5.41) is 9.15. The smallest absolute Gasteiger partial charge is 0.372 e. The molecule has 2 aromatic rings. The number of aromatic nitrogens is 2. The van der Waals surface area contributed by atoms with Crippen molar-refractivity contribution in [2.75, 3.05) is 7.11 Å². The molecule has 112 valence electrons. The zero-order chi connectivity index (χ0) is 15.4. The highest BCUT2D eigenvalue weighted by molar-refractivity contribution is 5.83. The number of ether oxygens (including phenoxy) is 2. The quantitative estimate of drug-likeness (QED) is 0.885. The van der Waals surface area contributed by atoms with Gasteiger partial charge in [0.25, 0.3) is 0 Å². The zero-order valence-corrected chi connectivity index (χ0v) is 12.2. The van der Waals surface area contributed by atoms with Gasteiger partial charge in [0.05, 0.1) is 19.0 Å². The Kier molecular flexibility index (Phi) is 4.47. The number of benzene rings is 1. The average molecular weight is 290 g/mol. The number of imidazole rings is 1. The van der Waals surface area contributed by atoms with Crippen molar-refractivity contribution in [3.63, 3.8) is 0 Å². The van der Waals surface area contributed by atoms with Gasteiger partial charge in [0, 0.05) is 6.04 Å². The lowest BCUT2D eigenvalue weighted by Gasteiger charge is -2.15. The number of rotatable bonds is 6. The van der Waals surface area contributed by atoms with Gasteiger partial charge in [0.2, 0.25) is 5.82 Å². The topological polar surface area (TPSA) is 73.6 Å². The average Bonchev–Trinajstić information content (AvgIpc) is 2.89. The Morgan fingerprint density at radius 1 is 1.33 bits per heavy atom. The fourth-order valence-corrected chi connectivity index (χ4v) is 2.13. The Morgan fingerprint density at radius 3 is 2.57 bits per heavy atom. The number of carboxylic acid groups (broad SMARTS) is 1. The number of carboxylic acids is 1. The minimum absolute atomic E-state index is 0.0172. The van der Waals surface area contributed by atoms with Crippen LogP contribution in [-0.2, 0) is 6.61 Å². The van der Waals surface area contributed by atoms with E-state index in [-0.39, 0.29) is 18.5 Å². The van der Waals surface area contributed by atoms with Crippen molar-refractivity contribution in [2.24, 2.45) is 0 Å². The molecule has 0 saturated carbocycles. The molecule has 6 nitrogen and oxygen atoms in total. The first kappa shape index (κ1) is 14.9. The number of hydrogen-bond donors (Lipinski definition) is 1. The molecule has 0 unspecified atom stereocenters. The van der Waals surface area contributed by atoms with Gasteiger partial charge in [0.15, 0.2) is 11.5 Å². The van der Waals surface area contributed by atoms with Crippen molar-refractivity contribution in [1.29, 1.82) is 0 Å². The lowest BCUT2D eigenvalue weighted by atomic mass is 10.3. The number of nitrogens with zero attached hydrogens (tertiary/aromatic N) is 2. The Labute approximate surface area is 122 Å². The van der Waals surface area contributed by atoms with E-state index in [0.717, 1.165) is 0 Å². The molecule has 0 amide bonds. The van der Waals surface area contributed by atoms with Gasteiger partial charge in [0.1, 0.15) is 6.61 Å². The minimum atomic E-state index is -1.05. The van der Waals surface area contributed by atoms with Crippen molar-refractivity contribution in [2.45, 2.75) is 26.5 Å². The van der Waals surface area contributed by atoms with E-state index in [1.807, 2.05) is 26.0 Å². The highest BCUT2D eigenvalue weighted by Gasteiger charge is 2.18. The second-order valence-corrected chi connectivity index (χ2v) is 4.78. The van der Waals surface area contributed by atoms with Crippen LogP contribution >= 0.6 is 0 Å². The molecule has 6 heteroatoms. The summed E-state index contributed by atoms with van der Waals surface area (Å²) in [6.45, 7) is 4.03. The van der Waals surface area contributed by atoms with Crippen LogP contribution < -0.4 is 9.47 Å². The molecular formula is C15H18N2O4. The summed E-state index contributed by atoms with van der Waals surface area (Å²) in [6.07, 6.45) is 1.53. The van der Waals surface area contributed by atoms with Crippen LogP contribution in [0.15, 0.2) is 30.5 Å². The van der Waals surface area contributed by atoms with Gasteiger partial charge in [-0.15, -0.1) is 0 Å². The predicted octanol–water partition coefficient (Wildman–Crippen LogP) is 2.75. The van der Waals surface area contributed by atoms with Crippen molar-refractivity contribution >= 4 is 5.97 Å². The molecule has 0 spiro atoms. The summed E-state index contributed by atoms with van der Waals surface area (Å²) < 4.78 is 12.6. The first-order valence-corrected chi connectivity index (χ1v) is 6.59. The summed E-state index contributed by atoms with van der Waals surface area (Å²) >= 11 is 0. The van der Waals surface area contributed by atoms with Crippen molar-refractivity contribution < 1.29 is 19.4 Å². The van der Waals surface area contributed by atoms with E-state index in [0.29, 0.717) is 17.2 Å². The largest absolute Gasteiger partial charge is 0.493 e. The van der Waals surface area contributed by atoms with Crippen LogP contribution in [-0.4, -0.2) is 27.7 Å². The molecule has 0 aliphatic rings. The van der Waals surface area contributed by atoms with Crippen LogP contribution in [0, 0.1) is 0 Å². The molecule has 0 fully saturated rings. The van der Waals surface area contributed by atoms with Crippen molar-refractivity contribution in [3.8, 4) is 11.5 Å². The highest BCUT2D eigenvalue weighted by atomic mass is 16.5. The first-order valence-electron chi connectivity index (χ1n) is 6.59. The molecule has 1 heterocycles. The van der Waals surface area contributed by atoms with Gasteiger partial charge in [-0.1, -0.05) is 12.1 Å². The molecule has 0 bridgehead atoms. The fraction of sp³-hybridized carbons (Fsp3) is 0.333. The lowest BCUT2D eigenvalue weighted by Crippen LogP contribution is -2.15. The number of aromatic carboxylic acids is 1. The molecule has 0 radical (unpaired) electrons. The predicted molar refractivity (Wildman–Crippen MR) is 76.9 cm³/mol. The molecule has 0 aliphatic carbocycles. The SMILES string of the molecule is COc1ccccc1OCc1cnc(C(=O)O)n1C(C)C. The van der Waals surface area contributed by atoms with E-state index in [1.165, 1.54) is 6.20 Å². The van der Waals surface area contributed by atoms with Gasteiger partial charge >= 0.3 is 5.97 Å². The Bertz CT molecular complexity index is 634. The molecule has 1 aromatic heterocycles. The fourth-order valence-electron chi connectivity index (χ4n) is 2.13. The van der Waals surface area contributed by atoms with E-state index >= 15 is 0 Å². The van der Waals surface area contributed by atoms with E-state index < -0.39 is 5.97 Å². The molecule has 0 atom stereocenters. The van der Waals surface area contributed by atoms with Crippen LogP contribution in [0.1, 0.15) is 36.2 Å². The molecule has 0 aliphatic heterocycles. The summed E-state index contributed by atoms with van der Waals surface area (Å²) in [5.41, 5.74) is 0.702. The molecule has 21 heavy (non-hydrogen) atoms. The standard InChI is InChI=1S/C15H18N2O4/c1-10(2)17-11(8-16-14(17)15(18)19)9-21-13-7-5-4-6-12(13)20-3/h4-8,10H,9H2,1-3H3,(H,18,19). The van der Waals surface area contributed by atoms with E-state index in [4.69, 9.17) is 14.6 Å². The third-order valence-corrected chi connectivity index (χ3v) is 3.03. The summed E-state index contributed by atoms with van der Waals surface area (Å²) in [5.74, 6) is 0.204. The van der Waals surface area contributed by atoms with Gasteiger partial charge < -0.3 is 19.1 Å². The summed E-state index contributed by atoms with van der Waals surface area (Å²) in [4.78, 5) is 15.1. The maximum Gasteiger partial charge on any atom is 0.372 e. The monoisotopic (exact) mass is 290 g/mol. The Hall–Kier alpha value is -2.50. The van der Waals surface area contributed by atoms with E-state index in [9.17, 15) is 4.79 Å². The summed E-state index contributed by atoms with van der Waals surface area (Å²) in [6, 6.07) is 7.28. The number of hydrogen-bond acceptors (Lipinski definition) is 4. The third kappa shape index (κ3) is 3.16. The summed E-state index contributed by atoms with van der Waals surface area (Å²) in [7, 11) is 1.57. The first-order chi connectivity index (χ1) is 10.0. The molecule has 1 aromatic carbocycles. The molecular weight excluding hydrogens is 272 g/mol. The van der Waals surface area contributed by atoms with Crippen molar-refractivity contribution in [3.05, 3.63) is 42.0 Å². The van der Waals surface area contributed by atoms with Crippen LogP contribution in [0.4, 0.5) is 0 Å². The normalized spacial score (nSPS) is 10.7. The Morgan fingerprint density at radius 2 is 2.00 bits per heavy atom. The van der Waals surface area contributed by atoms with Gasteiger partial charge in [-0.2, -0.15) is 0 Å². The second kappa shape index (κ2) is 6.30. The molecule has 1 N–H and O–H groups in total. The van der Waals surface area contributed by atoms with Crippen molar-refractivity contribution in [1.82, 2.24) is 9.55 Å². The lowest BCUT2D eigenvalue weighted by molar-refractivity contribution is 0.0675. The molecule has 2 rings (SSSR count). The maximum atomic E-state index is 11.2. The van der Waals surface area contributed by atoms with E-state index in [2.05, 4.69) is 4.98 Å². The van der Waals surface area contributed by atoms with Crippen LogP contribution in [0.2, 0.25) is 0 Å². The maximum absolute atomic E-state index is 11.2. The van der Waals surface area contributed by atoms with Gasteiger partial charge in [-0.3, -0.25) is 0 Å². The minimum Gasteiger partial charge on any atom is -0.493 e. The number of carbonyl (C=O) groups is 1. The molecule has 0 saturated heterocycles. The van der Waals surface area contributed by atoms with Gasteiger partial charge in [-0.05, 0) is 26.0 Å². The second-order valence-electron chi connectivity index (χ2n) is 4.78. The van der Waals surface area contributed by atoms with Crippen LogP contribution in [0.3, 0.4) is 0 Å². The zero-order valence-electron chi connectivity index (χ0n) is 12.2. The van der Waals surface area contributed by atoms with Gasteiger partial charge in [-0.25, -0.2) is 9.78 Å². The third-order valence-electron chi connectivity index (χ3n) is 3.03. The van der Waals surface area contributed by atoms with Crippen LogP contribution in [0.25, 0.3) is 0 Å².